The molecule has 4 nitrogen and oxygen atoms in total. The van der Waals surface area contributed by atoms with Crippen molar-refractivity contribution in [1.29, 1.82) is 0 Å². The molecule has 1 aromatic rings. The minimum absolute atomic E-state index is 0.233. The summed E-state index contributed by atoms with van der Waals surface area (Å²) in [5, 5.41) is 2.64. The summed E-state index contributed by atoms with van der Waals surface area (Å²) in [6, 6.07) is 3.82. The third kappa shape index (κ3) is 3.06. The van der Waals surface area contributed by atoms with Crippen molar-refractivity contribution in [3.8, 4) is 0 Å². The Morgan fingerprint density at radius 3 is 2.71 bits per heavy atom. The molecule has 0 spiro atoms. The van der Waals surface area contributed by atoms with E-state index in [0.29, 0.717) is 5.82 Å². The standard InChI is InChI=1S/C13H17N3O/c1-2-13(17)15-12-7-6-11(10-14-12)16-8-4-3-5-9-16/h2,6-7,10H,1,3-5,8-9H2,(H,14,15,17). The summed E-state index contributed by atoms with van der Waals surface area (Å²) in [4.78, 5) is 17.6. The molecule has 90 valence electrons. The minimum atomic E-state index is -0.233. The number of anilines is 2. The Hall–Kier alpha value is -1.84. The fraction of sp³-hybridized carbons (Fsp3) is 0.385. The Labute approximate surface area is 101 Å². The van der Waals surface area contributed by atoms with Crippen molar-refractivity contribution < 1.29 is 4.79 Å². The molecule has 0 aromatic carbocycles. The Kier molecular flexibility index (Phi) is 3.75. The van der Waals surface area contributed by atoms with Gasteiger partial charge in [0.05, 0.1) is 11.9 Å². The van der Waals surface area contributed by atoms with Crippen LogP contribution in [0.25, 0.3) is 0 Å². The molecule has 0 saturated carbocycles. The zero-order valence-electron chi connectivity index (χ0n) is 9.85. The van der Waals surface area contributed by atoms with Crippen LogP contribution in [0.5, 0.6) is 0 Å². The summed E-state index contributed by atoms with van der Waals surface area (Å²) in [5.74, 6) is 0.332. The molecule has 1 fully saturated rings. The summed E-state index contributed by atoms with van der Waals surface area (Å²) in [7, 11) is 0. The molecule has 4 heteroatoms. The van der Waals surface area contributed by atoms with Crippen LogP contribution in [0.1, 0.15) is 19.3 Å². The van der Waals surface area contributed by atoms with Crippen molar-refractivity contribution >= 4 is 17.4 Å². The second-order valence-electron chi connectivity index (χ2n) is 4.14. The summed E-state index contributed by atoms with van der Waals surface area (Å²) >= 11 is 0. The minimum Gasteiger partial charge on any atom is -0.370 e. The number of hydrogen-bond donors (Lipinski definition) is 1. The quantitative estimate of drug-likeness (QED) is 0.811. The van der Waals surface area contributed by atoms with Crippen molar-refractivity contribution in [2.45, 2.75) is 19.3 Å². The van der Waals surface area contributed by atoms with Crippen LogP contribution in [0, 0.1) is 0 Å². The summed E-state index contributed by atoms with van der Waals surface area (Å²) in [6.07, 6.45) is 6.85. The fourth-order valence-electron chi connectivity index (χ4n) is 1.98. The number of pyridine rings is 1. The number of aromatic nitrogens is 1. The number of hydrogen-bond acceptors (Lipinski definition) is 3. The van der Waals surface area contributed by atoms with Gasteiger partial charge in [-0.3, -0.25) is 4.79 Å². The zero-order valence-corrected chi connectivity index (χ0v) is 9.85. The lowest BCUT2D eigenvalue weighted by molar-refractivity contribution is -0.111. The molecule has 0 unspecified atom stereocenters. The van der Waals surface area contributed by atoms with Gasteiger partial charge >= 0.3 is 0 Å². The first-order chi connectivity index (χ1) is 8.29. The maximum atomic E-state index is 11.1. The monoisotopic (exact) mass is 231 g/mol. The number of carbonyl (C=O) groups excluding carboxylic acids is 1. The van der Waals surface area contributed by atoms with E-state index in [9.17, 15) is 4.79 Å². The maximum Gasteiger partial charge on any atom is 0.248 e. The molecular weight excluding hydrogens is 214 g/mol. The van der Waals surface area contributed by atoms with E-state index in [4.69, 9.17) is 0 Å². The second-order valence-corrected chi connectivity index (χ2v) is 4.14. The highest BCUT2D eigenvalue weighted by Crippen LogP contribution is 2.19. The van der Waals surface area contributed by atoms with Gasteiger partial charge < -0.3 is 10.2 Å². The predicted octanol–water partition coefficient (Wildman–Crippen LogP) is 2.20. The average Bonchev–Trinajstić information content (AvgIpc) is 2.40. The average molecular weight is 231 g/mol. The molecule has 1 aromatic heterocycles. The van der Waals surface area contributed by atoms with Gasteiger partial charge in [0, 0.05) is 13.1 Å². The van der Waals surface area contributed by atoms with Gasteiger partial charge in [0.1, 0.15) is 5.82 Å². The summed E-state index contributed by atoms with van der Waals surface area (Å²) in [6.45, 7) is 5.59. The van der Waals surface area contributed by atoms with Crippen LogP contribution in [0.4, 0.5) is 11.5 Å². The SMILES string of the molecule is C=CC(=O)Nc1ccc(N2CCCCC2)cn1. The molecular formula is C13H17N3O. The van der Waals surface area contributed by atoms with Crippen LogP contribution < -0.4 is 10.2 Å². The number of carbonyl (C=O) groups is 1. The lowest BCUT2D eigenvalue weighted by Gasteiger charge is -2.28. The molecule has 0 bridgehead atoms. The van der Waals surface area contributed by atoms with Crippen LogP contribution in [0.2, 0.25) is 0 Å². The Morgan fingerprint density at radius 2 is 2.12 bits per heavy atom. The van der Waals surface area contributed by atoms with Gasteiger partial charge in [0.2, 0.25) is 5.91 Å². The molecule has 0 radical (unpaired) electrons. The molecule has 1 amide bonds. The highest BCUT2D eigenvalue weighted by molar-refractivity contribution is 5.98. The van der Waals surface area contributed by atoms with E-state index in [1.165, 1.54) is 25.3 Å². The molecule has 0 atom stereocenters. The highest BCUT2D eigenvalue weighted by atomic mass is 16.1. The van der Waals surface area contributed by atoms with E-state index in [1.807, 2.05) is 18.3 Å². The van der Waals surface area contributed by atoms with E-state index in [0.717, 1.165) is 18.8 Å². The van der Waals surface area contributed by atoms with Gasteiger partial charge in [-0.05, 0) is 37.5 Å². The van der Waals surface area contributed by atoms with E-state index in [2.05, 4.69) is 21.8 Å². The van der Waals surface area contributed by atoms with E-state index >= 15 is 0 Å². The molecule has 0 aliphatic carbocycles. The third-order valence-corrected chi connectivity index (χ3v) is 2.91. The molecule has 1 saturated heterocycles. The Morgan fingerprint density at radius 1 is 1.35 bits per heavy atom. The third-order valence-electron chi connectivity index (χ3n) is 2.91. The number of piperidine rings is 1. The van der Waals surface area contributed by atoms with Crippen LogP contribution in [0.15, 0.2) is 31.0 Å². The summed E-state index contributed by atoms with van der Waals surface area (Å²) in [5.41, 5.74) is 1.13. The number of nitrogens with one attached hydrogen (secondary N) is 1. The first-order valence-electron chi connectivity index (χ1n) is 5.94. The molecule has 1 N–H and O–H groups in total. The maximum absolute atomic E-state index is 11.1. The van der Waals surface area contributed by atoms with Crippen molar-refractivity contribution in [3.63, 3.8) is 0 Å². The van der Waals surface area contributed by atoms with Gasteiger partial charge in [-0.25, -0.2) is 4.98 Å². The number of amides is 1. The van der Waals surface area contributed by atoms with Crippen LogP contribution in [-0.2, 0) is 4.79 Å². The molecule has 2 heterocycles. The zero-order chi connectivity index (χ0) is 12.1. The van der Waals surface area contributed by atoms with Gasteiger partial charge in [0.15, 0.2) is 0 Å². The smallest absolute Gasteiger partial charge is 0.248 e. The summed E-state index contributed by atoms with van der Waals surface area (Å²) < 4.78 is 0. The predicted molar refractivity (Wildman–Crippen MR) is 69.1 cm³/mol. The number of rotatable bonds is 3. The van der Waals surface area contributed by atoms with Crippen molar-refractivity contribution in [2.24, 2.45) is 0 Å². The van der Waals surface area contributed by atoms with Gasteiger partial charge in [0.25, 0.3) is 0 Å². The van der Waals surface area contributed by atoms with Gasteiger partial charge in [-0.2, -0.15) is 0 Å². The molecule has 1 aliphatic rings. The van der Waals surface area contributed by atoms with E-state index in [-0.39, 0.29) is 5.91 Å². The van der Waals surface area contributed by atoms with E-state index in [1.54, 1.807) is 0 Å². The van der Waals surface area contributed by atoms with Crippen molar-refractivity contribution in [3.05, 3.63) is 31.0 Å². The normalized spacial score (nSPS) is 15.4. The van der Waals surface area contributed by atoms with Gasteiger partial charge in [-0.1, -0.05) is 6.58 Å². The Bertz CT molecular complexity index is 394. The lowest BCUT2D eigenvalue weighted by atomic mass is 10.1. The van der Waals surface area contributed by atoms with Crippen molar-refractivity contribution in [1.82, 2.24) is 4.98 Å². The van der Waals surface area contributed by atoms with Crippen LogP contribution in [-0.4, -0.2) is 24.0 Å². The fourth-order valence-corrected chi connectivity index (χ4v) is 1.98. The Balaban J connectivity index is 2.01. The van der Waals surface area contributed by atoms with Crippen molar-refractivity contribution in [2.75, 3.05) is 23.3 Å². The highest BCUT2D eigenvalue weighted by Gasteiger charge is 2.11. The lowest BCUT2D eigenvalue weighted by Crippen LogP contribution is -2.29. The molecule has 17 heavy (non-hydrogen) atoms. The second kappa shape index (κ2) is 5.48. The van der Waals surface area contributed by atoms with Crippen LogP contribution in [0.3, 0.4) is 0 Å². The van der Waals surface area contributed by atoms with E-state index < -0.39 is 0 Å². The first-order valence-corrected chi connectivity index (χ1v) is 5.94. The largest absolute Gasteiger partial charge is 0.370 e. The molecule has 2 rings (SSSR count). The topological polar surface area (TPSA) is 45.2 Å². The molecule has 1 aliphatic heterocycles. The first kappa shape index (κ1) is 11.6. The number of nitrogens with zero attached hydrogens (tertiary/aromatic N) is 2. The van der Waals surface area contributed by atoms with Crippen LogP contribution >= 0.6 is 0 Å². The van der Waals surface area contributed by atoms with Gasteiger partial charge in [-0.15, -0.1) is 0 Å².